The molecule has 2 fully saturated rings. The first-order valence-electron chi connectivity index (χ1n) is 11.8. The fourth-order valence-corrected chi connectivity index (χ4v) is 5.60. The summed E-state index contributed by atoms with van der Waals surface area (Å²) in [5, 5.41) is 3.07. The molecule has 2 aliphatic rings. The van der Waals surface area contributed by atoms with Crippen LogP contribution in [-0.4, -0.2) is 87.5 Å². The number of hydrogen-bond acceptors (Lipinski definition) is 7. The van der Waals surface area contributed by atoms with Crippen molar-refractivity contribution in [2.24, 2.45) is 0 Å². The quantitative estimate of drug-likeness (QED) is 0.603. The Balaban J connectivity index is 1.22. The second kappa shape index (κ2) is 11.3. The van der Waals surface area contributed by atoms with Gasteiger partial charge < -0.3 is 15.0 Å². The SMILES string of the molecule is CC(NC(=O)CCN1CCN(c2ccc(S(=O)(=O)N3CCOCC3)cn2)CC1)c1ccccc1. The van der Waals surface area contributed by atoms with Crippen molar-refractivity contribution in [3.05, 3.63) is 54.2 Å². The molecular weight excluding hydrogens is 454 g/mol. The average molecular weight is 488 g/mol. The third-order valence-corrected chi connectivity index (χ3v) is 8.24. The molecule has 4 rings (SSSR count). The zero-order valence-electron chi connectivity index (χ0n) is 19.6. The third kappa shape index (κ3) is 6.12. The molecule has 34 heavy (non-hydrogen) atoms. The topological polar surface area (TPSA) is 95.1 Å². The number of morpholine rings is 1. The predicted octanol–water partition coefficient (Wildman–Crippen LogP) is 1.49. The molecule has 1 N–H and O–H groups in total. The number of piperazine rings is 1. The number of sulfonamides is 1. The van der Waals surface area contributed by atoms with Crippen LogP contribution in [0.5, 0.6) is 0 Å². The first kappa shape index (κ1) is 24.6. The van der Waals surface area contributed by atoms with Crippen molar-refractivity contribution >= 4 is 21.7 Å². The normalized spacial score (nSPS) is 19.0. The molecule has 2 saturated heterocycles. The van der Waals surface area contributed by atoms with Crippen LogP contribution in [0, 0.1) is 0 Å². The first-order chi connectivity index (χ1) is 16.4. The van der Waals surface area contributed by atoms with Gasteiger partial charge in [-0.05, 0) is 24.6 Å². The zero-order chi connectivity index (χ0) is 24.0. The zero-order valence-corrected chi connectivity index (χ0v) is 20.4. The van der Waals surface area contributed by atoms with Gasteiger partial charge in [-0.15, -0.1) is 0 Å². The molecule has 0 saturated carbocycles. The van der Waals surface area contributed by atoms with Crippen LogP contribution in [0.15, 0.2) is 53.6 Å². The Bertz CT molecular complexity index is 1030. The second-order valence-corrected chi connectivity index (χ2v) is 10.6. The summed E-state index contributed by atoms with van der Waals surface area (Å²) in [4.78, 5) is 21.4. The van der Waals surface area contributed by atoms with E-state index in [2.05, 4.69) is 20.1 Å². The standard InChI is InChI=1S/C24H33N5O4S/c1-20(21-5-3-2-4-6-21)26-24(30)9-10-27-11-13-28(14-12-27)23-8-7-22(19-25-23)34(31,32)29-15-17-33-18-16-29/h2-8,19-20H,9-18H2,1H3,(H,26,30). The molecule has 2 aromatic rings. The Morgan fingerprint density at radius 2 is 1.74 bits per heavy atom. The maximum Gasteiger partial charge on any atom is 0.244 e. The van der Waals surface area contributed by atoms with Gasteiger partial charge in [-0.1, -0.05) is 30.3 Å². The summed E-state index contributed by atoms with van der Waals surface area (Å²) >= 11 is 0. The molecule has 9 nitrogen and oxygen atoms in total. The highest BCUT2D eigenvalue weighted by molar-refractivity contribution is 7.89. The maximum atomic E-state index is 12.8. The van der Waals surface area contributed by atoms with Crippen LogP contribution in [0.1, 0.15) is 24.9 Å². The van der Waals surface area contributed by atoms with Gasteiger partial charge in [0.15, 0.2) is 0 Å². The highest BCUT2D eigenvalue weighted by Crippen LogP contribution is 2.20. The number of pyridine rings is 1. The summed E-state index contributed by atoms with van der Waals surface area (Å²) in [6, 6.07) is 13.4. The average Bonchev–Trinajstić information content (AvgIpc) is 2.89. The molecule has 1 unspecified atom stereocenters. The van der Waals surface area contributed by atoms with Crippen LogP contribution < -0.4 is 10.2 Å². The van der Waals surface area contributed by atoms with Gasteiger partial charge in [0, 0.05) is 58.4 Å². The monoisotopic (exact) mass is 487 g/mol. The molecular formula is C24H33N5O4S. The van der Waals surface area contributed by atoms with Crippen LogP contribution in [-0.2, 0) is 19.6 Å². The molecule has 0 bridgehead atoms. The number of benzene rings is 1. The minimum atomic E-state index is -3.53. The van der Waals surface area contributed by atoms with E-state index in [9.17, 15) is 13.2 Å². The number of rotatable bonds is 8. The number of nitrogens with one attached hydrogen (secondary N) is 1. The lowest BCUT2D eigenvalue weighted by Crippen LogP contribution is -2.47. The lowest BCUT2D eigenvalue weighted by molar-refractivity contribution is -0.122. The number of nitrogens with zero attached hydrogens (tertiary/aromatic N) is 4. The van der Waals surface area contributed by atoms with Crippen molar-refractivity contribution in [2.45, 2.75) is 24.3 Å². The van der Waals surface area contributed by atoms with E-state index in [1.807, 2.05) is 37.3 Å². The Morgan fingerprint density at radius 1 is 1.03 bits per heavy atom. The molecule has 1 aromatic carbocycles. The minimum absolute atomic E-state index is 0.00773. The van der Waals surface area contributed by atoms with Crippen LogP contribution in [0.4, 0.5) is 5.82 Å². The van der Waals surface area contributed by atoms with Gasteiger partial charge in [-0.2, -0.15) is 4.31 Å². The van der Waals surface area contributed by atoms with Gasteiger partial charge in [0.25, 0.3) is 0 Å². The van der Waals surface area contributed by atoms with Gasteiger partial charge in [0.2, 0.25) is 15.9 Å². The lowest BCUT2D eigenvalue weighted by Gasteiger charge is -2.35. The van der Waals surface area contributed by atoms with Crippen molar-refractivity contribution < 1.29 is 17.9 Å². The molecule has 1 atom stereocenters. The predicted molar refractivity (Wildman–Crippen MR) is 130 cm³/mol. The molecule has 0 spiro atoms. The molecule has 2 aliphatic heterocycles. The number of hydrogen-bond donors (Lipinski definition) is 1. The molecule has 0 aliphatic carbocycles. The highest BCUT2D eigenvalue weighted by atomic mass is 32.2. The van der Waals surface area contributed by atoms with Crippen LogP contribution >= 0.6 is 0 Å². The molecule has 3 heterocycles. The van der Waals surface area contributed by atoms with E-state index in [-0.39, 0.29) is 16.8 Å². The molecule has 1 amide bonds. The lowest BCUT2D eigenvalue weighted by atomic mass is 10.1. The van der Waals surface area contributed by atoms with E-state index >= 15 is 0 Å². The molecule has 10 heteroatoms. The van der Waals surface area contributed by atoms with Gasteiger partial charge in [0.05, 0.1) is 19.3 Å². The largest absolute Gasteiger partial charge is 0.379 e. The van der Waals surface area contributed by atoms with E-state index in [0.717, 1.165) is 37.6 Å². The first-order valence-corrected chi connectivity index (χ1v) is 13.2. The Kier molecular flexibility index (Phi) is 8.15. The Labute approximate surface area is 201 Å². The van der Waals surface area contributed by atoms with Crippen LogP contribution in [0.3, 0.4) is 0 Å². The van der Waals surface area contributed by atoms with Gasteiger partial charge >= 0.3 is 0 Å². The summed E-state index contributed by atoms with van der Waals surface area (Å²) in [7, 11) is -3.53. The summed E-state index contributed by atoms with van der Waals surface area (Å²) in [5.41, 5.74) is 1.10. The molecule has 184 valence electrons. The highest BCUT2D eigenvalue weighted by Gasteiger charge is 2.27. The second-order valence-electron chi connectivity index (χ2n) is 8.65. The van der Waals surface area contributed by atoms with Crippen molar-refractivity contribution in [1.82, 2.24) is 19.5 Å². The Morgan fingerprint density at radius 3 is 2.38 bits per heavy atom. The van der Waals surface area contributed by atoms with Gasteiger partial charge in [0.1, 0.15) is 10.7 Å². The minimum Gasteiger partial charge on any atom is -0.379 e. The number of aromatic nitrogens is 1. The van der Waals surface area contributed by atoms with E-state index in [1.54, 1.807) is 12.1 Å². The van der Waals surface area contributed by atoms with Gasteiger partial charge in [-0.25, -0.2) is 13.4 Å². The van der Waals surface area contributed by atoms with Gasteiger partial charge in [-0.3, -0.25) is 9.69 Å². The fraction of sp³-hybridized carbons (Fsp3) is 0.500. The molecule has 1 aromatic heterocycles. The van der Waals surface area contributed by atoms with Crippen molar-refractivity contribution in [1.29, 1.82) is 0 Å². The fourth-order valence-electron chi connectivity index (χ4n) is 4.25. The van der Waals surface area contributed by atoms with E-state index in [0.29, 0.717) is 39.3 Å². The summed E-state index contributed by atoms with van der Waals surface area (Å²) in [6.45, 7) is 7.51. The summed E-state index contributed by atoms with van der Waals surface area (Å²) < 4.78 is 32.2. The Hall–Kier alpha value is -2.53. The van der Waals surface area contributed by atoms with Crippen molar-refractivity contribution in [3.63, 3.8) is 0 Å². The van der Waals surface area contributed by atoms with Crippen LogP contribution in [0.25, 0.3) is 0 Å². The maximum absolute atomic E-state index is 12.8. The number of carbonyl (C=O) groups excluding carboxylic acids is 1. The number of carbonyl (C=O) groups is 1. The number of anilines is 1. The smallest absolute Gasteiger partial charge is 0.244 e. The van der Waals surface area contributed by atoms with E-state index in [4.69, 9.17) is 4.74 Å². The van der Waals surface area contributed by atoms with Crippen molar-refractivity contribution in [2.75, 3.05) is 63.9 Å². The third-order valence-electron chi connectivity index (χ3n) is 6.36. The molecule has 0 radical (unpaired) electrons. The van der Waals surface area contributed by atoms with E-state index in [1.165, 1.54) is 10.5 Å². The van der Waals surface area contributed by atoms with Crippen LogP contribution in [0.2, 0.25) is 0 Å². The number of amides is 1. The van der Waals surface area contributed by atoms with Crippen molar-refractivity contribution in [3.8, 4) is 0 Å². The summed E-state index contributed by atoms with van der Waals surface area (Å²) in [5.74, 6) is 0.826. The van der Waals surface area contributed by atoms with E-state index < -0.39 is 10.0 Å². The summed E-state index contributed by atoms with van der Waals surface area (Å²) in [6.07, 6.45) is 1.91. The number of ether oxygens (including phenoxy) is 1.